The summed E-state index contributed by atoms with van der Waals surface area (Å²) in [5.74, 6) is -1.35. The summed E-state index contributed by atoms with van der Waals surface area (Å²) in [6.07, 6.45) is 4.59. The lowest BCUT2D eigenvalue weighted by molar-refractivity contribution is -0.142. The van der Waals surface area contributed by atoms with Crippen molar-refractivity contribution in [1.29, 1.82) is 0 Å². The van der Waals surface area contributed by atoms with Crippen LogP contribution in [0.4, 0.5) is 0 Å². The Morgan fingerprint density at radius 2 is 1.71 bits per heavy atom. The van der Waals surface area contributed by atoms with Crippen molar-refractivity contribution in [3.8, 4) is 0 Å². The van der Waals surface area contributed by atoms with Crippen molar-refractivity contribution in [3.63, 3.8) is 0 Å². The van der Waals surface area contributed by atoms with Crippen molar-refractivity contribution in [3.05, 3.63) is 0 Å². The summed E-state index contributed by atoms with van der Waals surface area (Å²) in [7, 11) is 0. The second kappa shape index (κ2) is 8.98. The van der Waals surface area contributed by atoms with Gasteiger partial charge in [0.25, 0.3) is 0 Å². The van der Waals surface area contributed by atoms with Crippen LogP contribution in [-0.2, 0) is 9.59 Å². The summed E-state index contributed by atoms with van der Waals surface area (Å²) in [4.78, 5) is 22.5. The highest BCUT2D eigenvalue weighted by Crippen LogP contribution is 2.03. The normalized spacial score (nSPS) is 14.1. The van der Waals surface area contributed by atoms with Crippen LogP contribution in [0.2, 0.25) is 0 Å². The number of hydrogen-bond acceptors (Lipinski definition) is 3. The fraction of sp³-hybridized carbons (Fsp3) is 0.833. The molecule has 0 aromatic rings. The zero-order chi connectivity index (χ0) is 13.3. The number of carboxylic acids is 1. The predicted molar refractivity (Wildman–Crippen MR) is 66.6 cm³/mol. The average Bonchev–Trinajstić information content (AvgIpc) is 2.30. The smallest absolute Gasteiger partial charge is 0.326 e. The molecule has 0 aliphatic rings. The molecular weight excluding hydrogens is 220 g/mol. The molecule has 0 bridgehead atoms. The van der Waals surface area contributed by atoms with Gasteiger partial charge in [0.1, 0.15) is 6.04 Å². The van der Waals surface area contributed by atoms with Gasteiger partial charge in [0, 0.05) is 0 Å². The number of nitrogens with one attached hydrogen (secondary N) is 1. The predicted octanol–water partition coefficient (Wildman–Crippen LogP) is 1.26. The first-order valence-electron chi connectivity index (χ1n) is 6.31. The van der Waals surface area contributed by atoms with Crippen molar-refractivity contribution >= 4 is 11.9 Å². The number of nitrogens with two attached hydrogens (primary N) is 1. The Morgan fingerprint density at radius 3 is 2.18 bits per heavy atom. The van der Waals surface area contributed by atoms with Crippen LogP contribution in [-0.4, -0.2) is 29.1 Å². The van der Waals surface area contributed by atoms with E-state index in [-0.39, 0.29) is 5.91 Å². The van der Waals surface area contributed by atoms with E-state index in [0.29, 0.717) is 12.8 Å². The molecule has 0 radical (unpaired) electrons. The van der Waals surface area contributed by atoms with Gasteiger partial charge in [-0.05, 0) is 12.8 Å². The van der Waals surface area contributed by atoms with E-state index in [4.69, 9.17) is 10.8 Å². The first kappa shape index (κ1) is 15.9. The van der Waals surface area contributed by atoms with Gasteiger partial charge in [-0.3, -0.25) is 4.79 Å². The Hall–Kier alpha value is -1.10. The fourth-order valence-corrected chi connectivity index (χ4v) is 1.50. The van der Waals surface area contributed by atoms with E-state index in [9.17, 15) is 9.59 Å². The number of carbonyl (C=O) groups excluding carboxylic acids is 1. The topological polar surface area (TPSA) is 92.4 Å². The summed E-state index contributed by atoms with van der Waals surface area (Å²) in [6.45, 7) is 4.00. The number of amides is 1. The molecule has 5 heteroatoms. The Balaban J connectivity index is 4.15. The van der Waals surface area contributed by atoms with Crippen molar-refractivity contribution in [1.82, 2.24) is 5.32 Å². The fourth-order valence-electron chi connectivity index (χ4n) is 1.50. The number of unbranched alkanes of at least 4 members (excludes halogenated alkanes) is 2. The molecular formula is C12H24N2O3. The molecule has 0 fully saturated rings. The van der Waals surface area contributed by atoms with E-state index in [0.717, 1.165) is 25.7 Å². The first-order valence-corrected chi connectivity index (χ1v) is 6.31. The van der Waals surface area contributed by atoms with Gasteiger partial charge in [-0.25, -0.2) is 4.79 Å². The van der Waals surface area contributed by atoms with E-state index in [1.54, 1.807) is 0 Å². The zero-order valence-corrected chi connectivity index (χ0v) is 10.7. The summed E-state index contributed by atoms with van der Waals surface area (Å²) in [5.41, 5.74) is 5.68. The maximum Gasteiger partial charge on any atom is 0.326 e. The van der Waals surface area contributed by atoms with E-state index >= 15 is 0 Å². The number of carboxylic acid groups (broad SMARTS) is 1. The largest absolute Gasteiger partial charge is 0.480 e. The Kier molecular flexibility index (Phi) is 8.40. The van der Waals surface area contributed by atoms with Gasteiger partial charge in [-0.2, -0.15) is 0 Å². The number of carbonyl (C=O) groups is 2. The molecule has 0 spiro atoms. The molecule has 0 rings (SSSR count). The summed E-state index contributed by atoms with van der Waals surface area (Å²) in [5, 5.41) is 11.4. The van der Waals surface area contributed by atoms with Crippen LogP contribution in [0.25, 0.3) is 0 Å². The maximum absolute atomic E-state index is 11.6. The maximum atomic E-state index is 11.6. The van der Waals surface area contributed by atoms with E-state index < -0.39 is 18.1 Å². The van der Waals surface area contributed by atoms with E-state index in [2.05, 4.69) is 5.32 Å². The lowest BCUT2D eigenvalue weighted by atomic mass is 10.1. The third-order valence-electron chi connectivity index (χ3n) is 2.67. The standard InChI is InChI=1S/C12H24N2O3/c1-3-5-7-9(13)11(15)14-10(12(16)17)8-6-4-2/h9-10H,3-8,13H2,1-2H3,(H,14,15)(H,16,17)/t9?,10-/m0/s1. The van der Waals surface area contributed by atoms with Crippen molar-refractivity contribution in [2.75, 3.05) is 0 Å². The van der Waals surface area contributed by atoms with Crippen LogP contribution in [0, 0.1) is 0 Å². The van der Waals surface area contributed by atoms with Gasteiger partial charge in [0.05, 0.1) is 6.04 Å². The molecule has 4 N–H and O–H groups in total. The molecule has 1 unspecified atom stereocenters. The summed E-state index contributed by atoms with van der Waals surface area (Å²) in [6, 6.07) is -1.41. The lowest BCUT2D eigenvalue weighted by Crippen LogP contribution is -2.48. The van der Waals surface area contributed by atoms with Gasteiger partial charge >= 0.3 is 5.97 Å². The minimum Gasteiger partial charge on any atom is -0.480 e. The minimum atomic E-state index is -0.991. The highest BCUT2D eigenvalue weighted by atomic mass is 16.4. The molecule has 100 valence electrons. The second-order valence-electron chi connectivity index (χ2n) is 4.29. The Morgan fingerprint density at radius 1 is 1.18 bits per heavy atom. The Labute approximate surface area is 103 Å². The summed E-state index contributed by atoms with van der Waals surface area (Å²) >= 11 is 0. The van der Waals surface area contributed by atoms with E-state index in [1.165, 1.54) is 0 Å². The van der Waals surface area contributed by atoms with Gasteiger partial charge in [0.2, 0.25) is 5.91 Å². The van der Waals surface area contributed by atoms with Crippen LogP contribution < -0.4 is 11.1 Å². The molecule has 0 saturated carbocycles. The van der Waals surface area contributed by atoms with E-state index in [1.807, 2.05) is 13.8 Å². The van der Waals surface area contributed by atoms with Crippen LogP contribution in [0.3, 0.4) is 0 Å². The monoisotopic (exact) mass is 244 g/mol. The molecule has 0 aromatic carbocycles. The number of aliphatic carboxylic acids is 1. The number of rotatable bonds is 9. The molecule has 0 aromatic heterocycles. The third-order valence-corrected chi connectivity index (χ3v) is 2.67. The van der Waals surface area contributed by atoms with Crippen molar-refractivity contribution < 1.29 is 14.7 Å². The van der Waals surface area contributed by atoms with Crippen LogP contribution in [0.1, 0.15) is 52.4 Å². The summed E-state index contributed by atoms with van der Waals surface area (Å²) < 4.78 is 0. The Bertz CT molecular complexity index is 244. The first-order chi connectivity index (χ1) is 8.02. The quantitative estimate of drug-likeness (QED) is 0.569. The molecule has 0 aliphatic carbocycles. The minimum absolute atomic E-state index is 0.359. The highest BCUT2D eigenvalue weighted by molar-refractivity contribution is 5.86. The average molecular weight is 244 g/mol. The lowest BCUT2D eigenvalue weighted by Gasteiger charge is -2.17. The van der Waals surface area contributed by atoms with Gasteiger partial charge in [-0.15, -0.1) is 0 Å². The molecule has 1 amide bonds. The van der Waals surface area contributed by atoms with Crippen molar-refractivity contribution in [2.45, 2.75) is 64.5 Å². The SMILES string of the molecule is CCCCC(N)C(=O)N[C@@H](CCCC)C(=O)O. The molecule has 17 heavy (non-hydrogen) atoms. The van der Waals surface area contributed by atoms with Crippen molar-refractivity contribution in [2.24, 2.45) is 5.73 Å². The van der Waals surface area contributed by atoms with Crippen LogP contribution in [0.5, 0.6) is 0 Å². The van der Waals surface area contributed by atoms with Crippen LogP contribution >= 0.6 is 0 Å². The molecule has 0 saturated heterocycles. The second-order valence-corrected chi connectivity index (χ2v) is 4.29. The number of hydrogen-bond donors (Lipinski definition) is 3. The van der Waals surface area contributed by atoms with Gasteiger partial charge in [0.15, 0.2) is 0 Å². The third kappa shape index (κ3) is 6.94. The van der Waals surface area contributed by atoms with Gasteiger partial charge < -0.3 is 16.2 Å². The van der Waals surface area contributed by atoms with Crippen LogP contribution in [0.15, 0.2) is 0 Å². The molecule has 0 aliphatic heterocycles. The molecule has 5 nitrogen and oxygen atoms in total. The van der Waals surface area contributed by atoms with Gasteiger partial charge in [-0.1, -0.05) is 39.5 Å². The molecule has 0 heterocycles. The zero-order valence-electron chi connectivity index (χ0n) is 10.7. The highest BCUT2D eigenvalue weighted by Gasteiger charge is 2.22. The molecule has 2 atom stereocenters.